The Balaban J connectivity index is 2.03. The molecule has 10 heteroatoms. The monoisotopic (exact) mass is 506 g/mol. The van der Waals surface area contributed by atoms with Gasteiger partial charge in [0.1, 0.15) is 11.4 Å². The van der Waals surface area contributed by atoms with Crippen molar-refractivity contribution in [3.63, 3.8) is 0 Å². The number of alkyl halides is 2. The third-order valence-corrected chi connectivity index (χ3v) is 5.01. The highest BCUT2D eigenvalue weighted by molar-refractivity contribution is 9.10. The van der Waals surface area contributed by atoms with Crippen LogP contribution in [0.3, 0.4) is 0 Å². The highest BCUT2D eigenvalue weighted by atomic mass is 79.9. The third kappa shape index (κ3) is 8.17. The average molecular weight is 507 g/mol. The number of alkyl carbamates (subject to hydrolysis) is 1. The lowest BCUT2D eigenvalue weighted by molar-refractivity contribution is -0.130. The molecule has 1 atom stereocenters. The van der Waals surface area contributed by atoms with Crippen molar-refractivity contribution in [3.8, 4) is 0 Å². The number of aryl methyl sites for hydroxylation is 1. The number of halogens is 4. The maximum Gasteiger partial charge on any atom is 0.407 e. The fourth-order valence-corrected chi connectivity index (χ4v) is 3.39. The van der Waals surface area contributed by atoms with Crippen LogP contribution in [0.4, 0.5) is 18.0 Å². The molecular weight excluding hydrogens is 481 g/mol. The second-order valence-electron chi connectivity index (χ2n) is 8.07. The molecule has 0 spiro atoms. The highest BCUT2D eigenvalue weighted by Crippen LogP contribution is 2.21. The van der Waals surface area contributed by atoms with E-state index in [1.165, 1.54) is 10.6 Å². The van der Waals surface area contributed by atoms with E-state index >= 15 is 0 Å². The first-order chi connectivity index (χ1) is 14.5. The molecule has 1 aromatic heterocycles. The zero-order valence-electron chi connectivity index (χ0n) is 17.6. The van der Waals surface area contributed by atoms with Crippen molar-refractivity contribution in [2.24, 2.45) is 0 Å². The minimum absolute atomic E-state index is 0.162. The van der Waals surface area contributed by atoms with E-state index in [1.807, 2.05) is 0 Å². The first-order valence-electron chi connectivity index (χ1n) is 9.84. The molecule has 31 heavy (non-hydrogen) atoms. The van der Waals surface area contributed by atoms with Gasteiger partial charge in [0.15, 0.2) is 0 Å². The van der Waals surface area contributed by atoms with Crippen LogP contribution < -0.4 is 10.9 Å². The number of pyridine rings is 1. The highest BCUT2D eigenvalue weighted by Gasteiger charge is 2.20. The Hall–Kier alpha value is -2.07. The number of hydrogen-bond acceptors (Lipinski definition) is 4. The fraction of sp³-hybridized carbons (Fsp3) is 0.524. The van der Waals surface area contributed by atoms with Gasteiger partial charge in [-0.2, -0.15) is 8.78 Å². The second-order valence-corrected chi connectivity index (χ2v) is 8.93. The minimum Gasteiger partial charge on any atom is -0.444 e. The van der Waals surface area contributed by atoms with Gasteiger partial charge < -0.3 is 19.4 Å². The van der Waals surface area contributed by atoms with Crippen LogP contribution in [0, 0.1) is 5.82 Å². The summed E-state index contributed by atoms with van der Waals surface area (Å²) in [5.74, 6) is -0.525. The van der Waals surface area contributed by atoms with Crippen molar-refractivity contribution in [2.45, 2.75) is 64.8 Å². The Labute approximate surface area is 186 Å². The van der Waals surface area contributed by atoms with Crippen molar-refractivity contribution in [2.75, 3.05) is 6.61 Å². The lowest BCUT2D eigenvalue weighted by Crippen LogP contribution is -2.40. The second kappa shape index (κ2) is 11.0. The normalized spacial score (nSPS) is 12.9. The number of nitrogens with one attached hydrogen (secondary N) is 1. The van der Waals surface area contributed by atoms with Gasteiger partial charge in [-0.25, -0.2) is 9.18 Å². The van der Waals surface area contributed by atoms with Gasteiger partial charge in [0.05, 0.1) is 16.5 Å². The number of ether oxygens (including phenoxy) is 2. The first-order valence-corrected chi connectivity index (χ1v) is 10.6. The van der Waals surface area contributed by atoms with E-state index in [9.17, 15) is 22.8 Å². The van der Waals surface area contributed by atoms with E-state index in [2.05, 4.69) is 26.0 Å². The SMILES string of the molecule is CC(C)(C)OC(=O)N[C@H](CCCn1ccc2cc(Br)c(F)cc2c1=O)CCOC(F)F. The molecule has 0 saturated heterocycles. The Morgan fingerprint density at radius 2 is 1.97 bits per heavy atom. The van der Waals surface area contributed by atoms with Crippen molar-refractivity contribution < 1.29 is 27.4 Å². The maximum atomic E-state index is 13.8. The van der Waals surface area contributed by atoms with Gasteiger partial charge >= 0.3 is 12.7 Å². The summed E-state index contributed by atoms with van der Waals surface area (Å²) in [6.07, 6.45) is 2.00. The van der Waals surface area contributed by atoms with Gasteiger partial charge in [-0.15, -0.1) is 0 Å². The molecule has 1 heterocycles. The van der Waals surface area contributed by atoms with Crippen LogP contribution in [-0.4, -0.2) is 35.5 Å². The predicted octanol–water partition coefficient (Wildman–Crippen LogP) is 5.21. The van der Waals surface area contributed by atoms with Crippen molar-refractivity contribution in [1.82, 2.24) is 9.88 Å². The Morgan fingerprint density at radius 1 is 1.26 bits per heavy atom. The molecule has 1 amide bonds. The zero-order valence-corrected chi connectivity index (χ0v) is 19.2. The Morgan fingerprint density at radius 3 is 2.61 bits per heavy atom. The molecule has 1 aromatic carbocycles. The molecule has 0 aliphatic rings. The number of carbonyl (C=O) groups is 1. The summed E-state index contributed by atoms with van der Waals surface area (Å²) in [7, 11) is 0. The molecule has 0 saturated carbocycles. The van der Waals surface area contributed by atoms with Gasteiger partial charge in [-0.1, -0.05) is 0 Å². The van der Waals surface area contributed by atoms with Crippen LogP contribution in [0.2, 0.25) is 0 Å². The van der Waals surface area contributed by atoms with Gasteiger partial charge in [-0.05, 0) is 79.5 Å². The topological polar surface area (TPSA) is 69.6 Å². The molecule has 0 unspecified atom stereocenters. The Kier molecular flexibility index (Phi) is 8.93. The lowest BCUT2D eigenvalue weighted by atomic mass is 10.1. The number of benzene rings is 1. The summed E-state index contributed by atoms with van der Waals surface area (Å²) in [5.41, 5.74) is -1.03. The van der Waals surface area contributed by atoms with Crippen molar-refractivity contribution in [3.05, 3.63) is 45.0 Å². The molecular formula is C21H26BrF3N2O4. The van der Waals surface area contributed by atoms with Crippen LogP contribution >= 0.6 is 15.9 Å². The van der Waals surface area contributed by atoms with Crippen molar-refractivity contribution in [1.29, 1.82) is 0 Å². The third-order valence-electron chi connectivity index (χ3n) is 4.40. The van der Waals surface area contributed by atoms with Gasteiger partial charge in [-0.3, -0.25) is 4.79 Å². The number of amides is 1. The lowest BCUT2D eigenvalue weighted by Gasteiger charge is -2.24. The standard InChI is InChI=1S/C21H26BrF3N2O4/c1-21(2,3)31-20(29)26-14(7-10-30-19(24)25)5-4-8-27-9-6-13-11-16(22)17(23)12-15(13)18(27)28/h6,9,11-12,14,19H,4-5,7-8,10H2,1-3H3,(H,26,29)/t14-/m1/s1. The summed E-state index contributed by atoms with van der Waals surface area (Å²) < 4.78 is 49.6. The first kappa shape index (κ1) is 25.2. The van der Waals surface area contributed by atoms with E-state index in [1.54, 1.807) is 39.1 Å². The van der Waals surface area contributed by atoms with E-state index in [0.29, 0.717) is 24.8 Å². The van der Waals surface area contributed by atoms with Crippen LogP contribution in [0.15, 0.2) is 33.7 Å². The van der Waals surface area contributed by atoms with Crippen LogP contribution in [-0.2, 0) is 16.0 Å². The van der Waals surface area contributed by atoms with Crippen LogP contribution in [0.5, 0.6) is 0 Å². The zero-order chi connectivity index (χ0) is 23.2. The number of aromatic nitrogens is 1. The molecule has 172 valence electrons. The van der Waals surface area contributed by atoms with Gasteiger partial charge in [0.2, 0.25) is 0 Å². The molecule has 2 rings (SSSR count). The van der Waals surface area contributed by atoms with E-state index in [-0.39, 0.29) is 28.4 Å². The molecule has 0 aliphatic carbocycles. The predicted molar refractivity (Wildman–Crippen MR) is 115 cm³/mol. The minimum atomic E-state index is -2.89. The fourth-order valence-electron chi connectivity index (χ4n) is 3.02. The van der Waals surface area contributed by atoms with Crippen LogP contribution in [0.25, 0.3) is 10.8 Å². The summed E-state index contributed by atoms with van der Waals surface area (Å²) >= 11 is 3.10. The number of carbonyl (C=O) groups excluding carboxylic acids is 1. The van der Waals surface area contributed by atoms with E-state index < -0.39 is 30.2 Å². The Bertz CT molecular complexity index is 960. The molecule has 6 nitrogen and oxygen atoms in total. The molecule has 0 aliphatic heterocycles. The van der Waals surface area contributed by atoms with E-state index in [0.717, 1.165) is 0 Å². The molecule has 2 aromatic rings. The number of fused-ring (bicyclic) bond motifs is 1. The average Bonchev–Trinajstić information content (AvgIpc) is 2.63. The summed E-state index contributed by atoms with van der Waals surface area (Å²) in [6, 6.07) is 3.97. The van der Waals surface area contributed by atoms with E-state index in [4.69, 9.17) is 4.74 Å². The number of hydrogen-bond donors (Lipinski definition) is 1. The van der Waals surface area contributed by atoms with Crippen molar-refractivity contribution >= 4 is 32.8 Å². The maximum absolute atomic E-state index is 13.8. The molecule has 0 bridgehead atoms. The van der Waals surface area contributed by atoms with Gasteiger partial charge in [0, 0.05) is 18.8 Å². The largest absolute Gasteiger partial charge is 0.444 e. The quantitative estimate of drug-likeness (QED) is 0.507. The summed E-state index contributed by atoms with van der Waals surface area (Å²) in [5, 5.41) is 3.54. The smallest absolute Gasteiger partial charge is 0.407 e. The number of rotatable bonds is 9. The molecule has 1 N–H and O–H groups in total. The number of nitrogens with zero attached hydrogens (tertiary/aromatic N) is 1. The molecule has 0 radical (unpaired) electrons. The van der Waals surface area contributed by atoms with Gasteiger partial charge in [0.25, 0.3) is 5.56 Å². The molecule has 0 fully saturated rings. The summed E-state index contributed by atoms with van der Waals surface area (Å²) in [6.45, 7) is 2.34. The van der Waals surface area contributed by atoms with Crippen LogP contribution in [0.1, 0.15) is 40.0 Å². The summed E-state index contributed by atoms with van der Waals surface area (Å²) in [4.78, 5) is 24.7.